The highest BCUT2D eigenvalue weighted by Crippen LogP contribution is 2.16. The van der Waals surface area contributed by atoms with Crippen molar-refractivity contribution in [3.05, 3.63) is 29.6 Å². The van der Waals surface area contributed by atoms with E-state index in [0.717, 1.165) is 12.1 Å². The van der Waals surface area contributed by atoms with Crippen LogP contribution in [0.2, 0.25) is 0 Å². The molecule has 0 aliphatic carbocycles. The predicted octanol–water partition coefficient (Wildman–Crippen LogP) is 1.84. The van der Waals surface area contributed by atoms with Crippen molar-refractivity contribution >= 4 is 0 Å². The average molecular weight is 208 g/mol. The molecule has 0 heterocycles. The fraction of sp³-hybridized carbons (Fsp3) is 0.364. The highest BCUT2D eigenvalue weighted by atomic mass is 19.1. The molecule has 0 unspecified atom stereocenters. The lowest BCUT2D eigenvalue weighted by molar-refractivity contribution is 0.365. The van der Waals surface area contributed by atoms with Crippen molar-refractivity contribution in [2.24, 2.45) is 0 Å². The first-order valence-corrected chi connectivity index (χ1v) is 4.76. The van der Waals surface area contributed by atoms with Crippen molar-refractivity contribution in [2.45, 2.75) is 13.5 Å². The van der Waals surface area contributed by atoms with Gasteiger partial charge < -0.3 is 10.1 Å². The Kier molecular flexibility index (Phi) is 4.58. The van der Waals surface area contributed by atoms with Gasteiger partial charge in [-0.25, -0.2) is 4.39 Å². The zero-order valence-electron chi connectivity index (χ0n) is 8.59. The number of nitrogens with zero attached hydrogens (tertiary/aromatic N) is 1. The average Bonchev–Trinajstić information content (AvgIpc) is 2.23. The summed E-state index contributed by atoms with van der Waals surface area (Å²) in [5, 5.41) is 11.4. The van der Waals surface area contributed by atoms with Gasteiger partial charge in [-0.15, -0.1) is 0 Å². The Hall–Kier alpha value is -1.60. The van der Waals surface area contributed by atoms with Gasteiger partial charge in [-0.2, -0.15) is 5.26 Å². The van der Waals surface area contributed by atoms with Crippen LogP contribution in [0.3, 0.4) is 0 Å². The number of halogens is 1. The van der Waals surface area contributed by atoms with Gasteiger partial charge in [0.2, 0.25) is 0 Å². The van der Waals surface area contributed by atoms with E-state index in [1.807, 2.05) is 13.0 Å². The molecule has 0 fully saturated rings. The van der Waals surface area contributed by atoms with E-state index < -0.39 is 0 Å². The van der Waals surface area contributed by atoms with Crippen molar-refractivity contribution in [2.75, 3.05) is 13.2 Å². The second kappa shape index (κ2) is 5.99. The number of benzene rings is 1. The first kappa shape index (κ1) is 11.5. The molecule has 0 aliphatic rings. The van der Waals surface area contributed by atoms with Crippen molar-refractivity contribution in [3.8, 4) is 11.8 Å². The first-order chi connectivity index (χ1) is 7.26. The predicted molar refractivity (Wildman–Crippen MR) is 54.9 cm³/mol. The van der Waals surface area contributed by atoms with Crippen LogP contribution < -0.4 is 10.1 Å². The van der Waals surface area contributed by atoms with Gasteiger partial charge in [0, 0.05) is 12.6 Å². The lowest BCUT2D eigenvalue weighted by Gasteiger charge is -2.06. The Bertz CT molecular complexity index is 360. The molecule has 0 radical (unpaired) electrons. The third-order valence-electron chi connectivity index (χ3n) is 1.81. The maximum Gasteiger partial charge on any atom is 0.174 e. The molecule has 0 spiro atoms. The molecule has 0 aromatic heterocycles. The van der Waals surface area contributed by atoms with Crippen LogP contribution in [0.15, 0.2) is 18.2 Å². The van der Waals surface area contributed by atoms with Crippen molar-refractivity contribution in [3.63, 3.8) is 0 Å². The standard InChI is InChI=1S/C11H13FN2O/c1-2-14-8-9-5-10(12)7-11(6-9)15-4-3-13/h5-7,14H,2,4,8H2,1H3. The summed E-state index contributed by atoms with van der Waals surface area (Å²) in [7, 11) is 0. The monoisotopic (exact) mass is 208 g/mol. The minimum atomic E-state index is -0.349. The molecule has 0 aliphatic heterocycles. The number of nitrogens with one attached hydrogen (secondary N) is 1. The lowest BCUT2D eigenvalue weighted by Crippen LogP contribution is -2.12. The molecule has 0 amide bonds. The van der Waals surface area contributed by atoms with Crippen LogP contribution in [0.25, 0.3) is 0 Å². The summed E-state index contributed by atoms with van der Waals surface area (Å²) < 4.78 is 18.1. The molecule has 3 nitrogen and oxygen atoms in total. The molecular formula is C11H13FN2O. The molecule has 0 bridgehead atoms. The molecule has 0 saturated carbocycles. The van der Waals surface area contributed by atoms with Crippen LogP contribution in [0, 0.1) is 17.1 Å². The number of hydrogen-bond acceptors (Lipinski definition) is 3. The maximum atomic E-state index is 13.1. The lowest BCUT2D eigenvalue weighted by atomic mass is 10.2. The quantitative estimate of drug-likeness (QED) is 0.803. The zero-order valence-corrected chi connectivity index (χ0v) is 8.59. The molecule has 15 heavy (non-hydrogen) atoms. The van der Waals surface area contributed by atoms with Crippen molar-refractivity contribution in [1.82, 2.24) is 5.32 Å². The first-order valence-electron chi connectivity index (χ1n) is 4.76. The minimum absolute atomic E-state index is 0.0654. The molecule has 1 N–H and O–H groups in total. The smallest absolute Gasteiger partial charge is 0.174 e. The van der Waals surface area contributed by atoms with Crippen LogP contribution in [0.4, 0.5) is 4.39 Å². The summed E-state index contributed by atoms with van der Waals surface area (Å²) in [6.45, 7) is 3.33. The summed E-state index contributed by atoms with van der Waals surface area (Å²) in [6, 6.07) is 6.28. The largest absolute Gasteiger partial charge is 0.479 e. The third kappa shape index (κ3) is 3.96. The van der Waals surface area contributed by atoms with Crippen LogP contribution in [-0.2, 0) is 6.54 Å². The molecule has 4 heteroatoms. The van der Waals surface area contributed by atoms with Crippen LogP contribution in [0.5, 0.6) is 5.75 Å². The SMILES string of the molecule is CCNCc1cc(F)cc(OCC#N)c1. The summed E-state index contributed by atoms with van der Waals surface area (Å²) in [4.78, 5) is 0. The van der Waals surface area contributed by atoms with Crippen molar-refractivity contribution in [1.29, 1.82) is 5.26 Å². The zero-order chi connectivity index (χ0) is 11.1. The summed E-state index contributed by atoms with van der Waals surface area (Å²) in [5.74, 6) is 0.0443. The number of rotatable bonds is 5. The van der Waals surface area contributed by atoms with E-state index in [0.29, 0.717) is 12.3 Å². The second-order valence-corrected chi connectivity index (χ2v) is 3.02. The molecule has 0 atom stereocenters. The second-order valence-electron chi connectivity index (χ2n) is 3.02. The number of nitriles is 1. The topological polar surface area (TPSA) is 45.0 Å². The summed E-state index contributed by atoms with van der Waals surface area (Å²) in [6.07, 6.45) is 0. The Morgan fingerprint density at radius 1 is 1.47 bits per heavy atom. The van der Waals surface area contributed by atoms with Gasteiger partial charge in [0.15, 0.2) is 6.61 Å². The fourth-order valence-electron chi connectivity index (χ4n) is 1.19. The Morgan fingerprint density at radius 3 is 2.93 bits per heavy atom. The van der Waals surface area contributed by atoms with E-state index >= 15 is 0 Å². The van der Waals surface area contributed by atoms with Gasteiger partial charge in [-0.3, -0.25) is 0 Å². The molecule has 0 saturated heterocycles. The molecule has 1 rings (SSSR count). The molecular weight excluding hydrogens is 195 g/mol. The molecule has 80 valence electrons. The van der Waals surface area contributed by atoms with Gasteiger partial charge in [-0.1, -0.05) is 6.92 Å². The normalized spacial score (nSPS) is 9.67. The van der Waals surface area contributed by atoms with Gasteiger partial charge in [-0.05, 0) is 24.2 Å². The number of ether oxygens (including phenoxy) is 1. The van der Waals surface area contributed by atoms with Crippen LogP contribution >= 0.6 is 0 Å². The molecule has 1 aromatic rings. The van der Waals surface area contributed by atoms with E-state index in [-0.39, 0.29) is 12.4 Å². The van der Waals surface area contributed by atoms with Crippen LogP contribution in [0.1, 0.15) is 12.5 Å². The summed E-state index contributed by atoms with van der Waals surface area (Å²) in [5.41, 5.74) is 0.810. The summed E-state index contributed by atoms with van der Waals surface area (Å²) >= 11 is 0. The van der Waals surface area contributed by atoms with E-state index in [2.05, 4.69) is 5.32 Å². The Morgan fingerprint density at radius 2 is 2.27 bits per heavy atom. The Balaban J connectivity index is 2.71. The van der Waals surface area contributed by atoms with E-state index in [4.69, 9.17) is 10.00 Å². The van der Waals surface area contributed by atoms with Gasteiger partial charge in [0.25, 0.3) is 0 Å². The highest BCUT2D eigenvalue weighted by molar-refractivity contribution is 5.29. The van der Waals surface area contributed by atoms with E-state index in [9.17, 15) is 4.39 Å². The molecule has 1 aromatic carbocycles. The van der Waals surface area contributed by atoms with Crippen molar-refractivity contribution < 1.29 is 9.13 Å². The van der Waals surface area contributed by atoms with Gasteiger partial charge >= 0.3 is 0 Å². The highest BCUT2D eigenvalue weighted by Gasteiger charge is 2.01. The van der Waals surface area contributed by atoms with Gasteiger partial charge in [0.1, 0.15) is 17.6 Å². The van der Waals surface area contributed by atoms with E-state index in [1.165, 1.54) is 12.1 Å². The van der Waals surface area contributed by atoms with Crippen LogP contribution in [-0.4, -0.2) is 13.2 Å². The Labute approximate surface area is 88.5 Å². The minimum Gasteiger partial charge on any atom is -0.479 e. The maximum absolute atomic E-state index is 13.1. The number of hydrogen-bond donors (Lipinski definition) is 1. The fourth-order valence-corrected chi connectivity index (χ4v) is 1.19. The third-order valence-corrected chi connectivity index (χ3v) is 1.81. The van der Waals surface area contributed by atoms with Gasteiger partial charge in [0.05, 0.1) is 0 Å². The van der Waals surface area contributed by atoms with E-state index in [1.54, 1.807) is 6.07 Å².